The number of nitrogens with one attached hydrogen (secondary N) is 1. The van der Waals surface area contributed by atoms with Gasteiger partial charge in [-0.15, -0.1) is 0 Å². The summed E-state index contributed by atoms with van der Waals surface area (Å²) in [6, 6.07) is 12.1. The van der Waals surface area contributed by atoms with Crippen LogP contribution < -0.4 is 14.8 Å². The molecule has 0 radical (unpaired) electrons. The summed E-state index contributed by atoms with van der Waals surface area (Å²) in [6.45, 7) is 0.724. The molecule has 1 aliphatic heterocycles. The molecule has 0 aromatic heterocycles. The van der Waals surface area contributed by atoms with Crippen LogP contribution in [0.5, 0.6) is 11.5 Å². The number of fused-ring (bicyclic) bond motifs is 1. The lowest BCUT2D eigenvalue weighted by Crippen LogP contribution is -2.18. The van der Waals surface area contributed by atoms with Crippen molar-refractivity contribution in [3.8, 4) is 11.5 Å². The number of rotatable bonds is 4. The van der Waals surface area contributed by atoms with Gasteiger partial charge in [0.1, 0.15) is 11.5 Å². The van der Waals surface area contributed by atoms with Crippen molar-refractivity contribution in [1.82, 2.24) is 5.32 Å². The van der Waals surface area contributed by atoms with Crippen LogP contribution in [-0.4, -0.2) is 20.8 Å². The summed E-state index contributed by atoms with van der Waals surface area (Å²) in [5.74, 6) is 1.82. The molecule has 0 saturated heterocycles. The molecule has 1 heterocycles. The van der Waals surface area contributed by atoms with Crippen LogP contribution in [0, 0.1) is 0 Å². The molecule has 2 aromatic rings. The van der Waals surface area contributed by atoms with Crippen molar-refractivity contribution in [1.29, 1.82) is 0 Å². The van der Waals surface area contributed by atoms with E-state index in [0.717, 1.165) is 40.7 Å². The smallest absolute Gasteiger partial charge is 0.127 e. The minimum atomic E-state index is 0.0430. The van der Waals surface area contributed by atoms with Crippen molar-refractivity contribution < 1.29 is 9.47 Å². The average Bonchev–Trinajstić information content (AvgIpc) is 2.96. The van der Waals surface area contributed by atoms with E-state index in [9.17, 15) is 0 Å². The molecule has 4 heteroatoms. The maximum Gasteiger partial charge on any atom is 0.127 e. The van der Waals surface area contributed by atoms with Crippen molar-refractivity contribution >= 4 is 11.6 Å². The molecule has 2 aromatic carbocycles. The van der Waals surface area contributed by atoms with Gasteiger partial charge in [0.15, 0.2) is 0 Å². The molecule has 1 aliphatic rings. The number of halogens is 1. The predicted octanol–water partition coefficient (Wildman–Crippen LogP) is 3.59. The van der Waals surface area contributed by atoms with Gasteiger partial charge in [0.05, 0.1) is 19.8 Å². The molecule has 0 bridgehead atoms. The highest BCUT2D eigenvalue weighted by Gasteiger charge is 2.23. The van der Waals surface area contributed by atoms with Crippen LogP contribution in [0.25, 0.3) is 0 Å². The van der Waals surface area contributed by atoms with Gasteiger partial charge in [-0.2, -0.15) is 0 Å². The molecule has 21 heavy (non-hydrogen) atoms. The van der Waals surface area contributed by atoms with Gasteiger partial charge in [-0.1, -0.05) is 23.7 Å². The molecule has 1 unspecified atom stereocenters. The summed E-state index contributed by atoms with van der Waals surface area (Å²) < 4.78 is 11.0. The second kappa shape index (κ2) is 5.96. The maximum absolute atomic E-state index is 6.26. The van der Waals surface area contributed by atoms with Gasteiger partial charge in [-0.25, -0.2) is 0 Å². The van der Waals surface area contributed by atoms with Crippen LogP contribution in [0.4, 0.5) is 0 Å². The Kier molecular flexibility index (Phi) is 4.04. The van der Waals surface area contributed by atoms with Gasteiger partial charge in [0.2, 0.25) is 0 Å². The normalized spacial score (nSPS) is 14.4. The molecule has 0 spiro atoms. The average molecular weight is 304 g/mol. The van der Waals surface area contributed by atoms with Gasteiger partial charge in [0.25, 0.3) is 0 Å². The monoisotopic (exact) mass is 303 g/mol. The molecule has 0 saturated carbocycles. The van der Waals surface area contributed by atoms with Crippen LogP contribution in [-0.2, 0) is 6.42 Å². The number of benzene rings is 2. The Labute approximate surface area is 129 Å². The third-order valence-corrected chi connectivity index (χ3v) is 4.04. The fraction of sp³-hybridized carbons (Fsp3) is 0.294. The zero-order valence-electron chi connectivity index (χ0n) is 12.2. The predicted molar refractivity (Wildman–Crippen MR) is 84.5 cm³/mol. The maximum atomic E-state index is 6.26. The van der Waals surface area contributed by atoms with Crippen LogP contribution >= 0.6 is 11.6 Å². The first-order valence-electron chi connectivity index (χ1n) is 6.99. The Morgan fingerprint density at radius 2 is 2.00 bits per heavy atom. The zero-order valence-corrected chi connectivity index (χ0v) is 12.9. The number of hydrogen-bond donors (Lipinski definition) is 1. The molecule has 3 nitrogen and oxygen atoms in total. The Morgan fingerprint density at radius 1 is 1.24 bits per heavy atom. The zero-order chi connectivity index (χ0) is 14.8. The Bertz CT molecular complexity index is 640. The van der Waals surface area contributed by atoms with E-state index in [1.165, 1.54) is 5.56 Å². The first-order chi connectivity index (χ1) is 10.2. The van der Waals surface area contributed by atoms with Crippen molar-refractivity contribution in [2.75, 3.05) is 20.8 Å². The van der Waals surface area contributed by atoms with Gasteiger partial charge < -0.3 is 14.8 Å². The molecule has 110 valence electrons. The number of hydrogen-bond acceptors (Lipinski definition) is 3. The lowest BCUT2D eigenvalue weighted by atomic mass is 9.96. The molecular weight excluding hydrogens is 286 g/mol. The molecule has 1 atom stereocenters. The highest BCUT2D eigenvalue weighted by Crippen LogP contribution is 2.38. The van der Waals surface area contributed by atoms with Gasteiger partial charge in [0, 0.05) is 17.0 Å². The molecule has 0 amide bonds. The third kappa shape index (κ3) is 2.71. The van der Waals surface area contributed by atoms with Crippen molar-refractivity contribution in [2.45, 2.75) is 12.5 Å². The van der Waals surface area contributed by atoms with Crippen LogP contribution in [0.3, 0.4) is 0 Å². The van der Waals surface area contributed by atoms with E-state index in [-0.39, 0.29) is 6.04 Å². The van der Waals surface area contributed by atoms with E-state index < -0.39 is 0 Å². The van der Waals surface area contributed by atoms with E-state index >= 15 is 0 Å². The third-order valence-electron chi connectivity index (χ3n) is 3.83. The lowest BCUT2D eigenvalue weighted by Gasteiger charge is -2.20. The first-order valence-corrected chi connectivity index (χ1v) is 7.37. The van der Waals surface area contributed by atoms with Crippen LogP contribution in [0.15, 0.2) is 36.4 Å². The second-order valence-electron chi connectivity index (χ2n) is 5.08. The molecule has 0 fully saturated rings. The van der Waals surface area contributed by atoms with E-state index in [0.29, 0.717) is 0 Å². The number of ether oxygens (including phenoxy) is 2. The summed E-state index contributed by atoms with van der Waals surface area (Å²) >= 11 is 6.26. The summed E-state index contributed by atoms with van der Waals surface area (Å²) in [4.78, 5) is 0. The van der Waals surface area contributed by atoms with Crippen molar-refractivity contribution in [3.05, 3.63) is 58.1 Å². The van der Waals surface area contributed by atoms with Crippen LogP contribution in [0.1, 0.15) is 22.7 Å². The SMILES string of the molecule is CNC(c1ccc(OC)cc1)c1cc(Cl)cc2c1OCC2. The second-order valence-corrected chi connectivity index (χ2v) is 5.51. The van der Waals surface area contributed by atoms with E-state index in [4.69, 9.17) is 21.1 Å². The largest absolute Gasteiger partial charge is 0.497 e. The number of methoxy groups -OCH3 is 1. The summed E-state index contributed by atoms with van der Waals surface area (Å²) in [5, 5.41) is 4.10. The topological polar surface area (TPSA) is 30.5 Å². The van der Waals surface area contributed by atoms with Crippen LogP contribution in [0.2, 0.25) is 5.02 Å². The molecular formula is C17H18ClNO2. The quantitative estimate of drug-likeness (QED) is 0.936. The molecule has 1 N–H and O–H groups in total. The highest BCUT2D eigenvalue weighted by atomic mass is 35.5. The van der Waals surface area contributed by atoms with Gasteiger partial charge >= 0.3 is 0 Å². The summed E-state index contributed by atoms with van der Waals surface area (Å²) in [7, 11) is 3.61. The fourth-order valence-corrected chi connectivity index (χ4v) is 3.06. The lowest BCUT2D eigenvalue weighted by molar-refractivity contribution is 0.351. The minimum absolute atomic E-state index is 0.0430. The first kappa shape index (κ1) is 14.2. The van der Waals surface area contributed by atoms with Gasteiger partial charge in [-0.3, -0.25) is 0 Å². The highest BCUT2D eigenvalue weighted by molar-refractivity contribution is 6.30. The Morgan fingerprint density at radius 3 is 2.67 bits per heavy atom. The van der Waals surface area contributed by atoms with E-state index in [2.05, 4.69) is 17.4 Å². The summed E-state index contributed by atoms with van der Waals surface area (Å²) in [6.07, 6.45) is 0.919. The summed E-state index contributed by atoms with van der Waals surface area (Å²) in [5.41, 5.74) is 3.42. The Hall–Kier alpha value is -1.71. The standard InChI is InChI=1S/C17H18ClNO2/c1-19-16(11-3-5-14(20-2)6-4-11)15-10-13(18)9-12-7-8-21-17(12)15/h3-6,9-10,16,19H,7-8H2,1-2H3. The fourth-order valence-electron chi connectivity index (χ4n) is 2.81. The van der Waals surface area contributed by atoms with E-state index in [1.807, 2.05) is 31.3 Å². The van der Waals surface area contributed by atoms with Gasteiger partial charge in [-0.05, 0) is 42.4 Å². The Balaban J connectivity index is 2.03. The van der Waals surface area contributed by atoms with Crippen molar-refractivity contribution in [2.24, 2.45) is 0 Å². The van der Waals surface area contributed by atoms with E-state index in [1.54, 1.807) is 7.11 Å². The van der Waals surface area contributed by atoms with Crippen molar-refractivity contribution in [3.63, 3.8) is 0 Å². The molecule has 3 rings (SSSR count). The minimum Gasteiger partial charge on any atom is -0.497 e. The molecule has 0 aliphatic carbocycles.